The van der Waals surface area contributed by atoms with E-state index in [1.54, 1.807) is 12.1 Å². The van der Waals surface area contributed by atoms with Gasteiger partial charge in [0.05, 0.1) is 12.5 Å². The van der Waals surface area contributed by atoms with Gasteiger partial charge in [0.2, 0.25) is 0 Å². The van der Waals surface area contributed by atoms with Crippen LogP contribution in [0.15, 0.2) is 48.5 Å². The standard InChI is InChI=1S/C19H21NO4.Na/c1-13(2)14-3-5-15(6-4-14)18(21)20-11-12-24-17-9-7-16(8-10-17)19(22)23;/h3-10,13H,11-12H2,1-2H3,(H,20,21)(H,22,23);/q;+1/p-1. The van der Waals surface area contributed by atoms with Gasteiger partial charge in [-0.1, -0.05) is 26.0 Å². The predicted molar refractivity (Wildman–Crippen MR) is 89.1 cm³/mol. The number of carbonyl (C=O) groups is 2. The van der Waals surface area contributed by atoms with Gasteiger partial charge in [0, 0.05) is 5.56 Å². The summed E-state index contributed by atoms with van der Waals surface area (Å²) in [6.07, 6.45) is 0. The van der Waals surface area contributed by atoms with Crippen LogP contribution in [0.5, 0.6) is 5.75 Å². The van der Waals surface area contributed by atoms with Crippen molar-refractivity contribution in [3.63, 3.8) is 0 Å². The van der Waals surface area contributed by atoms with E-state index in [4.69, 9.17) is 4.74 Å². The zero-order valence-electron chi connectivity index (χ0n) is 14.7. The van der Waals surface area contributed by atoms with Crippen molar-refractivity contribution in [3.05, 3.63) is 65.2 Å². The topological polar surface area (TPSA) is 78.5 Å². The quantitative estimate of drug-likeness (QED) is 0.513. The molecule has 0 aliphatic heterocycles. The van der Waals surface area contributed by atoms with E-state index in [2.05, 4.69) is 19.2 Å². The SMILES string of the molecule is CC(C)c1ccc(C(=O)NCCOc2ccc(C(=O)[O-])cc2)cc1.[Na+]. The van der Waals surface area contributed by atoms with E-state index in [0.29, 0.717) is 30.4 Å². The fraction of sp³-hybridized carbons (Fsp3) is 0.263. The smallest absolute Gasteiger partial charge is 0.545 e. The Labute approximate surface area is 169 Å². The molecule has 2 aromatic carbocycles. The maximum Gasteiger partial charge on any atom is 1.00 e. The van der Waals surface area contributed by atoms with Crippen LogP contribution in [0.3, 0.4) is 0 Å². The van der Waals surface area contributed by atoms with Crippen molar-refractivity contribution in [2.75, 3.05) is 13.2 Å². The Morgan fingerprint density at radius 1 is 1.00 bits per heavy atom. The molecule has 0 aliphatic carbocycles. The minimum absolute atomic E-state index is 0. The van der Waals surface area contributed by atoms with Crippen LogP contribution in [-0.2, 0) is 0 Å². The summed E-state index contributed by atoms with van der Waals surface area (Å²) in [4.78, 5) is 22.7. The minimum atomic E-state index is -1.22. The van der Waals surface area contributed by atoms with Crippen molar-refractivity contribution in [2.45, 2.75) is 19.8 Å². The van der Waals surface area contributed by atoms with Gasteiger partial charge in [-0.25, -0.2) is 0 Å². The zero-order chi connectivity index (χ0) is 17.5. The zero-order valence-corrected chi connectivity index (χ0v) is 16.7. The number of amides is 1. The third-order valence-electron chi connectivity index (χ3n) is 3.59. The third-order valence-corrected chi connectivity index (χ3v) is 3.59. The predicted octanol–water partition coefficient (Wildman–Crippen LogP) is -1.01. The van der Waals surface area contributed by atoms with E-state index in [9.17, 15) is 14.7 Å². The van der Waals surface area contributed by atoms with Gasteiger partial charge in [0.15, 0.2) is 0 Å². The first kappa shape index (κ1) is 21.2. The van der Waals surface area contributed by atoms with Crippen molar-refractivity contribution in [3.8, 4) is 5.75 Å². The van der Waals surface area contributed by atoms with Crippen molar-refractivity contribution in [2.24, 2.45) is 0 Å². The molecule has 0 bridgehead atoms. The number of benzene rings is 2. The summed E-state index contributed by atoms with van der Waals surface area (Å²) in [6.45, 7) is 4.85. The van der Waals surface area contributed by atoms with Crippen molar-refractivity contribution in [1.82, 2.24) is 5.32 Å². The number of nitrogens with one attached hydrogen (secondary N) is 1. The number of rotatable bonds is 7. The molecule has 0 fully saturated rings. The van der Waals surface area contributed by atoms with E-state index in [1.165, 1.54) is 17.7 Å². The summed E-state index contributed by atoms with van der Waals surface area (Å²) in [5.74, 6) is -0.409. The molecule has 25 heavy (non-hydrogen) atoms. The Bertz CT molecular complexity index is 696. The van der Waals surface area contributed by atoms with Crippen LogP contribution in [0.4, 0.5) is 0 Å². The monoisotopic (exact) mass is 349 g/mol. The van der Waals surface area contributed by atoms with Gasteiger partial charge < -0.3 is 20.0 Å². The van der Waals surface area contributed by atoms with Crippen molar-refractivity contribution < 1.29 is 49.0 Å². The molecule has 126 valence electrons. The van der Waals surface area contributed by atoms with Crippen LogP contribution in [0, 0.1) is 0 Å². The van der Waals surface area contributed by atoms with Gasteiger partial charge in [0.1, 0.15) is 12.4 Å². The molecular formula is C19H20NNaO4. The number of carboxylic acids is 1. The van der Waals surface area contributed by atoms with Crippen LogP contribution >= 0.6 is 0 Å². The number of aromatic carboxylic acids is 1. The Morgan fingerprint density at radius 2 is 1.56 bits per heavy atom. The average molecular weight is 349 g/mol. The summed E-state index contributed by atoms with van der Waals surface area (Å²) in [5.41, 5.74) is 1.90. The van der Waals surface area contributed by atoms with Crippen LogP contribution in [-0.4, -0.2) is 25.0 Å². The molecule has 0 radical (unpaired) electrons. The maximum atomic E-state index is 12.0. The first-order valence-electron chi connectivity index (χ1n) is 7.79. The first-order chi connectivity index (χ1) is 11.5. The number of ether oxygens (including phenoxy) is 1. The Morgan fingerprint density at radius 3 is 2.08 bits per heavy atom. The van der Waals surface area contributed by atoms with E-state index < -0.39 is 5.97 Å². The molecule has 0 atom stereocenters. The van der Waals surface area contributed by atoms with Gasteiger partial charge in [-0.05, 0) is 53.4 Å². The van der Waals surface area contributed by atoms with Crippen molar-refractivity contribution in [1.29, 1.82) is 0 Å². The van der Waals surface area contributed by atoms with Gasteiger partial charge in [-0.15, -0.1) is 0 Å². The molecule has 2 aromatic rings. The van der Waals surface area contributed by atoms with Crippen LogP contribution in [0.25, 0.3) is 0 Å². The van der Waals surface area contributed by atoms with Crippen LogP contribution < -0.4 is 44.7 Å². The van der Waals surface area contributed by atoms with E-state index in [1.807, 2.05) is 24.3 Å². The molecular weight excluding hydrogens is 329 g/mol. The number of carboxylic acid groups (broad SMARTS) is 1. The molecule has 0 unspecified atom stereocenters. The summed E-state index contributed by atoms with van der Waals surface area (Å²) >= 11 is 0. The summed E-state index contributed by atoms with van der Waals surface area (Å²) in [6, 6.07) is 13.5. The largest absolute Gasteiger partial charge is 1.00 e. The fourth-order valence-corrected chi connectivity index (χ4v) is 2.14. The van der Waals surface area contributed by atoms with Crippen LogP contribution in [0.1, 0.15) is 46.0 Å². The molecule has 0 saturated carbocycles. The Hall–Kier alpha value is -1.82. The van der Waals surface area contributed by atoms with E-state index >= 15 is 0 Å². The molecule has 0 heterocycles. The number of hydrogen-bond donors (Lipinski definition) is 1. The average Bonchev–Trinajstić information content (AvgIpc) is 2.59. The molecule has 0 aliphatic rings. The fourth-order valence-electron chi connectivity index (χ4n) is 2.14. The van der Waals surface area contributed by atoms with E-state index in [-0.39, 0.29) is 41.0 Å². The molecule has 0 spiro atoms. The van der Waals surface area contributed by atoms with E-state index in [0.717, 1.165) is 0 Å². The Balaban J connectivity index is 0.00000312. The minimum Gasteiger partial charge on any atom is -0.545 e. The van der Waals surface area contributed by atoms with Crippen LogP contribution in [0.2, 0.25) is 0 Å². The maximum absolute atomic E-state index is 12.0. The molecule has 2 rings (SSSR count). The van der Waals surface area contributed by atoms with Gasteiger partial charge in [-0.3, -0.25) is 4.79 Å². The summed E-state index contributed by atoms with van der Waals surface area (Å²) in [7, 11) is 0. The molecule has 0 aromatic heterocycles. The van der Waals surface area contributed by atoms with Crippen molar-refractivity contribution >= 4 is 11.9 Å². The van der Waals surface area contributed by atoms with Gasteiger partial charge in [-0.2, -0.15) is 0 Å². The second-order valence-corrected chi connectivity index (χ2v) is 5.69. The number of hydrogen-bond acceptors (Lipinski definition) is 4. The molecule has 5 nitrogen and oxygen atoms in total. The third kappa shape index (κ3) is 6.53. The molecule has 1 amide bonds. The second kappa shape index (κ2) is 10.2. The first-order valence-corrected chi connectivity index (χ1v) is 7.79. The molecule has 6 heteroatoms. The normalized spacial score (nSPS) is 10.0. The Kier molecular flexibility index (Phi) is 8.69. The second-order valence-electron chi connectivity index (χ2n) is 5.69. The molecule has 1 N–H and O–H groups in total. The summed E-state index contributed by atoms with van der Waals surface area (Å²) in [5, 5.41) is 13.4. The van der Waals surface area contributed by atoms with Gasteiger partial charge >= 0.3 is 29.6 Å². The molecule has 0 saturated heterocycles. The number of carbonyl (C=O) groups excluding carboxylic acids is 2. The van der Waals surface area contributed by atoms with Gasteiger partial charge in [0.25, 0.3) is 5.91 Å². The summed E-state index contributed by atoms with van der Waals surface area (Å²) < 4.78 is 5.45.